The highest BCUT2D eigenvalue weighted by atomic mass is 35.5. The molecule has 2 rings (SSSR count). The fourth-order valence-corrected chi connectivity index (χ4v) is 2.42. The van der Waals surface area contributed by atoms with Gasteiger partial charge in [-0.2, -0.15) is 0 Å². The van der Waals surface area contributed by atoms with Crippen LogP contribution in [0.2, 0.25) is 5.02 Å². The molecule has 0 aliphatic carbocycles. The zero-order chi connectivity index (χ0) is 17.5. The molecule has 2 amide bonds. The minimum Gasteiger partial charge on any atom is -0.398 e. The molecule has 6 heteroatoms. The van der Waals surface area contributed by atoms with Crippen LogP contribution in [0.1, 0.15) is 35.3 Å². The molecule has 0 aliphatic heterocycles. The van der Waals surface area contributed by atoms with Crippen molar-refractivity contribution < 1.29 is 9.59 Å². The molecule has 24 heavy (non-hydrogen) atoms. The van der Waals surface area contributed by atoms with Crippen molar-refractivity contribution in [2.24, 2.45) is 0 Å². The zero-order valence-electron chi connectivity index (χ0n) is 13.4. The van der Waals surface area contributed by atoms with Crippen molar-refractivity contribution in [2.45, 2.75) is 19.4 Å². The summed E-state index contributed by atoms with van der Waals surface area (Å²) in [6, 6.07) is 14.2. The third-order valence-corrected chi connectivity index (χ3v) is 3.96. The van der Waals surface area contributed by atoms with Gasteiger partial charge in [0.2, 0.25) is 5.91 Å². The van der Waals surface area contributed by atoms with Crippen LogP contribution in [0.3, 0.4) is 0 Å². The van der Waals surface area contributed by atoms with Crippen molar-refractivity contribution in [3.05, 3.63) is 64.7 Å². The maximum atomic E-state index is 12.1. The average Bonchev–Trinajstić information content (AvgIpc) is 2.60. The second-order valence-corrected chi connectivity index (χ2v) is 5.77. The molecular weight excluding hydrogens is 326 g/mol. The van der Waals surface area contributed by atoms with E-state index in [-0.39, 0.29) is 24.4 Å². The predicted molar refractivity (Wildman–Crippen MR) is 95.8 cm³/mol. The molecule has 2 aromatic rings. The minimum atomic E-state index is -0.374. The summed E-state index contributed by atoms with van der Waals surface area (Å²) in [7, 11) is 0. The van der Waals surface area contributed by atoms with Crippen LogP contribution in [0.5, 0.6) is 0 Å². The first-order valence-electron chi connectivity index (χ1n) is 7.68. The Morgan fingerprint density at radius 1 is 1.17 bits per heavy atom. The molecule has 126 valence electrons. The van der Waals surface area contributed by atoms with Crippen molar-refractivity contribution in [1.82, 2.24) is 10.6 Å². The second kappa shape index (κ2) is 8.36. The van der Waals surface area contributed by atoms with Crippen LogP contribution in [0.25, 0.3) is 0 Å². The molecule has 0 aromatic heterocycles. The van der Waals surface area contributed by atoms with Crippen molar-refractivity contribution in [1.29, 1.82) is 0 Å². The molecule has 5 nitrogen and oxygen atoms in total. The third-order valence-electron chi connectivity index (χ3n) is 3.61. The van der Waals surface area contributed by atoms with Crippen LogP contribution in [0.15, 0.2) is 48.5 Å². The highest BCUT2D eigenvalue weighted by Crippen LogP contribution is 2.19. The molecule has 1 atom stereocenters. The Morgan fingerprint density at radius 2 is 1.88 bits per heavy atom. The minimum absolute atomic E-state index is 0.0817. The lowest BCUT2D eigenvalue weighted by Crippen LogP contribution is -2.38. The summed E-state index contributed by atoms with van der Waals surface area (Å²) in [5, 5.41) is 5.87. The number of amides is 2. The molecule has 0 bridgehead atoms. The molecule has 0 saturated heterocycles. The fourth-order valence-electron chi connectivity index (χ4n) is 2.30. The van der Waals surface area contributed by atoms with Gasteiger partial charge in [0.25, 0.3) is 5.91 Å². The van der Waals surface area contributed by atoms with Crippen molar-refractivity contribution in [3.8, 4) is 0 Å². The van der Waals surface area contributed by atoms with E-state index < -0.39 is 0 Å². The van der Waals surface area contributed by atoms with Gasteiger partial charge in [-0.05, 0) is 30.2 Å². The van der Waals surface area contributed by atoms with Crippen molar-refractivity contribution in [3.63, 3.8) is 0 Å². The van der Waals surface area contributed by atoms with Gasteiger partial charge < -0.3 is 16.4 Å². The summed E-state index contributed by atoms with van der Waals surface area (Å²) in [5.74, 6) is -0.623. The number of anilines is 1. The Bertz CT molecular complexity index is 719. The number of carbonyl (C=O) groups is 2. The molecule has 0 aliphatic rings. The second-order valence-electron chi connectivity index (χ2n) is 5.36. The number of nitrogens with two attached hydrogens (primary N) is 1. The molecule has 2 aromatic carbocycles. The summed E-state index contributed by atoms with van der Waals surface area (Å²) >= 11 is 5.82. The summed E-state index contributed by atoms with van der Waals surface area (Å²) in [5.41, 5.74) is 7.39. The van der Waals surface area contributed by atoms with Crippen LogP contribution in [-0.4, -0.2) is 18.4 Å². The topological polar surface area (TPSA) is 84.2 Å². The molecule has 0 spiro atoms. The quantitative estimate of drug-likeness (QED) is 0.704. The Morgan fingerprint density at radius 3 is 2.50 bits per heavy atom. The molecule has 4 N–H and O–H groups in total. The highest BCUT2D eigenvalue weighted by molar-refractivity contribution is 6.33. The number of hydrogen-bond donors (Lipinski definition) is 3. The van der Waals surface area contributed by atoms with Gasteiger partial charge in [0.05, 0.1) is 23.3 Å². The van der Waals surface area contributed by atoms with Gasteiger partial charge in [0.15, 0.2) is 0 Å². The number of nitrogens with one attached hydrogen (secondary N) is 2. The van der Waals surface area contributed by atoms with Gasteiger partial charge >= 0.3 is 0 Å². The summed E-state index contributed by atoms with van der Waals surface area (Å²) < 4.78 is 0. The molecular formula is C18H20ClN3O2. The van der Waals surface area contributed by atoms with Gasteiger partial charge in [-0.15, -0.1) is 0 Å². The zero-order valence-corrected chi connectivity index (χ0v) is 14.1. The van der Waals surface area contributed by atoms with Crippen molar-refractivity contribution >= 4 is 29.1 Å². The number of halogens is 1. The fraction of sp³-hybridized carbons (Fsp3) is 0.222. The lowest BCUT2D eigenvalue weighted by atomic mass is 10.0. The van der Waals surface area contributed by atoms with Gasteiger partial charge in [-0.3, -0.25) is 9.59 Å². The van der Waals surface area contributed by atoms with Gasteiger partial charge in [0.1, 0.15) is 0 Å². The SMILES string of the molecule is CCC(NC(=O)CNC(=O)c1ccc(Cl)c(N)c1)c1ccccc1. The van der Waals surface area contributed by atoms with Crippen LogP contribution in [0.4, 0.5) is 5.69 Å². The van der Waals surface area contributed by atoms with E-state index in [0.717, 1.165) is 12.0 Å². The predicted octanol–water partition coefficient (Wildman–Crippen LogP) is 2.92. The maximum Gasteiger partial charge on any atom is 0.251 e. The first-order chi connectivity index (χ1) is 11.5. The molecule has 0 saturated carbocycles. The van der Waals surface area contributed by atoms with E-state index in [4.69, 9.17) is 17.3 Å². The number of hydrogen-bond acceptors (Lipinski definition) is 3. The number of benzene rings is 2. The van der Waals surface area contributed by atoms with Crippen molar-refractivity contribution in [2.75, 3.05) is 12.3 Å². The lowest BCUT2D eigenvalue weighted by Gasteiger charge is -2.17. The van der Waals surface area contributed by atoms with Crippen LogP contribution in [0, 0.1) is 0 Å². The first kappa shape index (κ1) is 17.8. The lowest BCUT2D eigenvalue weighted by molar-refractivity contribution is -0.120. The Balaban J connectivity index is 1.90. The number of nitrogen functional groups attached to an aromatic ring is 1. The van der Waals surface area contributed by atoms with E-state index in [1.54, 1.807) is 12.1 Å². The van der Waals surface area contributed by atoms with Gasteiger partial charge in [-0.1, -0.05) is 48.9 Å². The number of rotatable bonds is 6. The average molecular weight is 346 g/mol. The molecule has 0 heterocycles. The maximum absolute atomic E-state index is 12.1. The van der Waals surface area contributed by atoms with Crippen LogP contribution in [-0.2, 0) is 4.79 Å². The van der Waals surface area contributed by atoms with Gasteiger partial charge in [-0.25, -0.2) is 0 Å². The smallest absolute Gasteiger partial charge is 0.251 e. The van der Waals surface area contributed by atoms with E-state index in [2.05, 4.69) is 10.6 Å². The Hall–Kier alpha value is -2.53. The van der Waals surface area contributed by atoms with Gasteiger partial charge in [0, 0.05) is 5.56 Å². The van der Waals surface area contributed by atoms with Crippen LogP contribution < -0.4 is 16.4 Å². The van der Waals surface area contributed by atoms with E-state index in [1.807, 2.05) is 37.3 Å². The Kier molecular flexibility index (Phi) is 6.21. The standard InChI is InChI=1S/C18H20ClN3O2/c1-2-16(12-6-4-3-5-7-12)22-17(23)11-21-18(24)13-8-9-14(19)15(20)10-13/h3-10,16H,2,11,20H2,1H3,(H,21,24)(H,22,23). The van der Waals surface area contributed by atoms with E-state index >= 15 is 0 Å². The third kappa shape index (κ3) is 4.73. The summed E-state index contributed by atoms with van der Waals surface area (Å²) in [6.45, 7) is 1.89. The summed E-state index contributed by atoms with van der Waals surface area (Å²) in [6.07, 6.45) is 0.761. The first-order valence-corrected chi connectivity index (χ1v) is 8.06. The van der Waals surface area contributed by atoms with E-state index in [9.17, 15) is 9.59 Å². The molecule has 0 fully saturated rings. The largest absolute Gasteiger partial charge is 0.398 e. The van der Waals surface area contributed by atoms with Crippen LogP contribution >= 0.6 is 11.6 Å². The monoisotopic (exact) mass is 345 g/mol. The number of carbonyl (C=O) groups excluding carboxylic acids is 2. The van der Waals surface area contributed by atoms with E-state index in [0.29, 0.717) is 16.3 Å². The normalized spacial score (nSPS) is 11.6. The molecule has 1 unspecified atom stereocenters. The summed E-state index contributed by atoms with van der Waals surface area (Å²) in [4.78, 5) is 24.1. The molecule has 0 radical (unpaired) electrons. The van der Waals surface area contributed by atoms with E-state index in [1.165, 1.54) is 6.07 Å². The Labute approximate surface area is 146 Å². The highest BCUT2D eigenvalue weighted by Gasteiger charge is 2.14.